The maximum absolute atomic E-state index is 13.3. The number of furan rings is 1. The number of hydrogen-bond acceptors (Lipinski definition) is 6. The third kappa shape index (κ3) is 4.58. The van der Waals surface area contributed by atoms with Crippen LogP contribution in [0.2, 0.25) is 0 Å². The summed E-state index contributed by atoms with van der Waals surface area (Å²) in [4.78, 5) is 4.05. The predicted molar refractivity (Wildman–Crippen MR) is 118 cm³/mol. The number of aromatic nitrogens is 1. The number of ether oxygens (including phenoxy) is 1. The van der Waals surface area contributed by atoms with E-state index in [1.54, 1.807) is 13.0 Å². The van der Waals surface area contributed by atoms with Gasteiger partial charge in [-0.1, -0.05) is 18.2 Å². The Kier molecular flexibility index (Phi) is 5.90. The molecule has 0 aliphatic carbocycles. The molecule has 2 aromatic heterocycles. The van der Waals surface area contributed by atoms with E-state index in [2.05, 4.69) is 4.98 Å². The number of halogens is 3. The summed E-state index contributed by atoms with van der Waals surface area (Å²) >= 11 is 0. The molecule has 4 rings (SSSR count). The molecule has 0 spiro atoms. The van der Waals surface area contributed by atoms with Gasteiger partial charge in [-0.05, 0) is 48.4 Å². The van der Waals surface area contributed by atoms with Gasteiger partial charge in [0.15, 0.2) is 0 Å². The van der Waals surface area contributed by atoms with Crippen LogP contribution in [0.1, 0.15) is 18.6 Å². The molecule has 0 fully saturated rings. The molecule has 7 nitrogen and oxygen atoms in total. The Morgan fingerprint density at radius 1 is 1.12 bits per heavy atom. The van der Waals surface area contributed by atoms with Gasteiger partial charge in [0.1, 0.15) is 29.1 Å². The molecular weight excluding hydrogens is 459 g/mol. The Labute approximate surface area is 187 Å². The number of nitrogen functional groups attached to an aromatic ring is 1. The Bertz CT molecular complexity index is 1410. The van der Waals surface area contributed by atoms with Crippen LogP contribution in [0, 0.1) is 5.82 Å². The van der Waals surface area contributed by atoms with E-state index in [0.29, 0.717) is 27.7 Å². The number of nitrogens with one attached hydrogen (secondary N) is 1. The van der Waals surface area contributed by atoms with Gasteiger partial charge in [0.05, 0.1) is 17.3 Å². The molecule has 11 heteroatoms. The largest absolute Gasteiger partial charge is 0.484 e. The molecule has 4 aromatic rings. The van der Waals surface area contributed by atoms with Crippen molar-refractivity contribution < 1.29 is 30.7 Å². The molecular formula is C22H18F3N3O4S. The molecule has 0 aliphatic heterocycles. The van der Waals surface area contributed by atoms with Crippen molar-refractivity contribution >= 4 is 32.5 Å². The number of sulfonamides is 1. The summed E-state index contributed by atoms with van der Waals surface area (Å²) in [5, 5.41) is 0.538. The lowest BCUT2D eigenvalue weighted by molar-refractivity contribution is 0.228. The number of hydrogen-bond donors (Lipinski definition) is 2. The fourth-order valence-electron chi connectivity index (χ4n) is 3.28. The molecule has 2 heterocycles. The van der Waals surface area contributed by atoms with E-state index in [4.69, 9.17) is 14.9 Å². The van der Waals surface area contributed by atoms with Crippen LogP contribution in [-0.4, -0.2) is 19.2 Å². The normalized spacial score (nSPS) is 12.8. The fraction of sp³-hybridized carbons (Fsp3) is 0.136. The molecule has 0 radical (unpaired) electrons. The highest BCUT2D eigenvalue weighted by Crippen LogP contribution is 2.39. The van der Waals surface area contributed by atoms with Crippen molar-refractivity contribution in [1.29, 1.82) is 0 Å². The SMILES string of the molecule is C[C@H](Oc1cc(-c2coc3ccnc(N)c23)ccc1NS(=O)(=O)C(F)F)c1ccc(F)cc1. The number of rotatable bonds is 7. The Morgan fingerprint density at radius 3 is 2.55 bits per heavy atom. The average Bonchev–Trinajstić information content (AvgIpc) is 3.21. The highest BCUT2D eigenvalue weighted by Gasteiger charge is 2.26. The highest BCUT2D eigenvalue weighted by molar-refractivity contribution is 7.93. The molecule has 0 aliphatic rings. The maximum atomic E-state index is 13.3. The first-order valence-corrected chi connectivity index (χ1v) is 11.2. The first kappa shape index (κ1) is 22.5. The quantitative estimate of drug-likeness (QED) is 0.373. The van der Waals surface area contributed by atoms with E-state index in [1.165, 1.54) is 54.9 Å². The fourth-order valence-corrected chi connectivity index (χ4v) is 3.85. The standard InChI is InChI=1S/C22H18F3N3O4S/c1-12(13-2-5-15(23)6-3-13)32-19-10-14(4-7-17(19)28-33(29,30)22(24)25)16-11-31-18-8-9-27-21(26)20(16)18/h2-12,22,28H,1H3,(H2,26,27)/t12-/m0/s1. The summed E-state index contributed by atoms with van der Waals surface area (Å²) in [6, 6.07) is 11.4. The van der Waals surface area contributed by atoms with E-state index < -0.39 is 27.7 Å². The second-order valence-electron chi connectivity index (χ2n) is 7.15. The van der Waals surface area contributed by atoms with Gasteiger partial charge in [-0.15, -0.1) is 0 Å². The first-order chi connectivity index (χ1) is 15.7. The van der Waals surface area contributed by atoms with Crippen LogP contribution in [-0.2, 0) is 10.0 Å². The van der Waals surface area contributed by atoms with Crippen LogP contribution < -0.4 is 15.2 Å². The van der Waals surface area contributed by atoms with Gasteiger partial charge in [-0.2, -0.15) is 8.78 Å². The van der Waals surface area contributed by atoms with Crippen LogP contribution in [0.15, 0.2) is 65.4 Å². The Hall–Kier alpha value is -3.73. The van der Waals surface area contributed by atoms with Crippen molar-refractivity contribution in [2.75, 3.05) is 10.5 Å². The van der Waals surface area contributed by atoms with Gasteiger partial charge in [-0.3, -0.25) is 4.72 Å². The lowest BCUT2D eigenvalue weighted by Gasteiger charge is -2.19. The minimum atomic E-state index is -4.95. The second-order valence-corrected chi connectivity index (χ2v) is 8.80. The second kappa shape index (κ2) is 8.66. The zero-order valence-electron chi connectivity index (χ0n) is 17.1. The number of anilines is 2. The van der Waals surface area contributed by atoms with Gasteiger partial charge in [0, 0.05) is 11.8 Å². The van der Waals surface area contributed by atoms with Gasteiger partial charge < -0.3 is 14.9 Å². The molecule has 0 bridgehead atoms. The summed E-state index contributed by atoms with van der Waals surface area (Å²) in [5.74, 6) is -3.87. The van der Waals surface area contributed by atoms with Crippen molar-refractivity contribution in [2.45, 2.75) is 18.8 Å². The number of nitrogens with two attached hydrogens (primary N) is 1. The molecule has 0 amide bonds. The van der Waals surface area contributed by atoms with Crippen molar-refractivity contribution in [2.24, 2.45) is 0 Å². The highest BCUT2D eigenvalue weighted by atomic mass is 32.2. The van der Waals surface area contributed by atoms with E-state index in [-0.39, 0.29) is 17.3 Å². The first-order valence-electron chi connectivity index (χ1n) is 9.63. The smallest absolute Gasteiger partial charge is 0.355 e. The van der Waals surface area contributed by atoms with E-state index in [9.17, 15) is 21.6 Å². The van der Waals surface area contributed by atoms with Crippen LogP contribution >= 0.6 is 0 Å². The average molecular weight is 477 g/mol. The van der Waals surface area contributed by atoms with Gasteiger partial charge >= 0.3 is 5.76 Å². The number of pyridine rings is 1. The molecule has 172 valence electrons. The molecule has 0 saturated heterocycles. The maximum Gasteiger partial charge on any atom is 0.355 e. The monoisotopic (exact) mass is 477 g/mol. The summed E-state index contributed by atoms with van der Waals surface area (Å²) in [6.45, 7) is 1.65. The van der Waals surface area contributed by atoms with Crippen LogP contribution in [0.5, 0.6) is 5.75 Å². The Balaban J connectivity index is 1.78. The van der Waals surface area contributed by atoms with E-state index >= 15 is 0 Å². The zero-order valence-corrected chi connectivity index (χ0v) is 17.9. The minimum Gasteiger partial charge on any atom is -0.484 e. The third-order valence-electron chi connectivity index (χ3n) is 4.94. The third-order valence-corrected chi connectivity index (χ3v) is 5.91. The van der Waals surface area contributed by atoms with Crippen molar-refractivity contribution in [3.8, 4) is 16.9 Å². The minimum absolute atomic E-state index is 0.0228. The van der Waals surface area contributed by atoms with Crippen LogP contribution in [0.25, 0.3) is 22.1 Å². The molecule has 33 heavy (non-hydrogen) atoms. The van der Waals surface area contributed by atoms with Crippen molar-refractivity contribution in [3.05, 3.63) is 72.4 Å². The summed E-state index contributed by atoms with van der Waals surface area (Å²) in [5.41, 5.74) is 7.95. The number of nitrogens with zero attached hydrogens (tertiary/aromatic N) is 1. The summed E-state index contributed by atoms with van der Waals surface area (Å²) < 4.78 is 76.0. The van der Waals surface area contributed by atoms with E-state index in [0.717, 1.165) is 0 Å². The van der Waals surface area contributed by atoms with E-state index in [1.807, 2.05) is 4.72 Å². The lowest BCUT2D eigenvalue weighted by Crippen LogP contribution is -2.21. The molecule has 1 atom stereocenters. The topological polar surface area (TPSA) is 107 Å². The predicted octanol–water partition coefficient (Wildman–Crippen LogP) is 5.32. The lowest BCUT2D eigenvalue weighted by atomic mass is 10.0. The zero-order chi connectivity index (χ0) is 23.8. The molecule has 0 saturated carbocycles. The van der Waals surface area contributed by atoms with Gasteiger partial charge in [-0.25, -0.2) is 17.8 Å². The number of benzene rings is 2. The van der Waals surface area contributed by atoms with Crippen molar-refractivity contribution in [1.82, 2.24) is 4.98 Å². The van der Waals surface area contributed by atoms with Gasteiger partial charge in [0.2, 0.25) is 0 Å². The van der Waals surface area contributed by atoms with Crippen LogP contribution in [0.3, 0.4) is 0 Å². The Morgan fingerprint density at radius 2 is 1.85 bits per heavy atom. The number of alkyl halides is 2. The van der Waals surface area contributed by atoms with Crippen LogP contribution in [0.4, 0.5) is 24.7 Å². The van der Waals surface area contributed by atoms with Crippen molar-refractivity contribution in [3.63, 3.8) is 0 Å². The van der Waals surface area contributed by atoms with Gasteiger partial charge in [0.25, 0.3) is 10.0 Å². The summed E-state index contributed by atoms with van der Waals surface area (Å²) in [7, 11) is -4.95. The number of fused-ring (bicyclic) bond motifs is 1. The molecule has 0 unspecified atom stereocenters. The summed E-state index contributed by atoms with van der Waals surface area (Å²) in [6.07, 6.45) is 2.28. The molecule has 3 N–H and O–H groups in total. The molecule has 2 aromatic carbocycles.